The molecule has 1 aliphatic carbocycles. The highest BCUT2D eigenvalue weighted by Gasteiger charge is 2.72. The monoisotopic (exact) mass is 226 g/mol. The number of ether oxygens (including phenoxy) is 2. The molecule has 5 nitrogen and oxygen atoms in total. The van der Waals surface area contributed by atoms with Gasteiger partial charge in [0.25, 0.3) is 0 Å². The predicted octanol–water partition coefficient (Wildman–Crippen LogP) is -0.428. The first kappa shape index (κ1) is 10.3. The van der Waals surface area contributed by atoms with Gasteiger partial charge in [-0.05, 0) is 0 Å². The van der Waals surface area contributed by atoms with Crippen LogP contribution in [-0.4, -0.2) is 40.6 Å². The Balaban J connectivity index is 2.15. The van der Waals surface area contributed by atoms with E-state index in [2.05, 4.69) is 6.58 Å². The van der Waals surface area contributed by atoms with Crippen LogP contribution < -0.4 is 0 Å². The van der Waals surface area contributed by atoms with Crippen LogP contribution in [0.5, 0.6) is 0 Å². The van der Waals surface area contributed by atoms with Crippen LogP contribution in [0.25, 0.3) is 0 Å². The lowest BCUT2D eigenvalue weighted by Crippen LogP contribution is -2.57. The highest BCUT2D eigenvalue weighted by molar-refractivity contribution is 5.84. The molecule has 6 atom stereocenters. The van der Waals surface area contributed by atoms with E-state index in [1.54, 1.807) is 0 Å². The fourth-order valence-corrected chi connectivity index (χ4v) is 3.34. The first-order valence-corrected chi connectivity index (χ1v) is 5.42. The summed E-state index contributed by atoms with van der Waals surface area (Å²) >= 11 is 0. The van der Waals surface area contributed by atoms with Gasteiger partial charge in [0.05, 0.1) is 18.3 Å². The first-order valence-electron chi connectivity index (χ1n) is 5.42. The van der Waals surface area contributed by atoms with Crippen LogP contribution in [0.3, 0.4) is 0 Å². The lowest BCUT2D eigenvalue weighted by Gasteiger charge is -2.39. The summed E-state index contributed by atoms with van der Waals surface area (Å²) in [5.74, 6) is -0.445. The van der Waals surface area contributed by atoms with E-state index in [4.69, 9.17) is 9.47 Å². The molecule has 2 aliphatic heterocycles. The van der Waals surface area contributed by atoms with E-state index in [0.717, 1.165) is 0 Å². The molecule has 1 spiro atoms. The number of fused-ring (bicyclic) bond motifs is 1. The maximum absolute atomic E-state index is 11.9. The summed E-state index contributed by atoms with van der Waals surface area (Å²) in [5.41, 5.74) is -1.15. The van der Waals surface area contributed by atoms with E-state index in [-0.39, 0.29) is 17.8 Å². The highest BCUT2D eigenvalue weighted by Crippen LogP contribution is 2.58. The van der Waals surface area contributed by atoms with E-state index >= 15 is 0 Å². The molecule has 2 heterocycles. The summed E-state index contributed by atoms with van der Waals surface area (Å²) in [4.78, 5) is 11.9. The maximum atomic E-state index is 11.9. The molecular formula is C11H14O5. The maximum Gasteiger partial charge on any atom is 0.323 e. The average Bonchev–Trinajstić information content (AvgIpc) is 2.58. The second kappa shape index (κ2) is 2.85. The molecule has 5 heteroatoms. The van der Waals surface area contributed by atoms with Gasteiger partial charge in [-0.25, -0.2) is 0 Å². The molecular weight excluding hydrogens is 212 g/mol. The molecule has 0 aromatic carbocycles. The molecule has 3 rings (SSSR count). The van der Waals surface area contributed by atoms with Gasteiger partial charge in [0, 0.05) is 12.3 Å². The fourth-order valence-electron chi connectivity index (χ4n) is 3.34. The number of carbonyl (C=O) groups is 1. The Morgan fingerprint density at radius 2 is 2.19 bits per heavy atom. The molecule has 0 aromatic heterocycles. The molecule has 3 aliphatic rings. The number of aliphatic hydroxyl groups is 2. The van der Waals surface area contributed by atoms with Crippen molar-refractivity contribution in [3.8, 4) is 0 Å². The van der Waals surface area contributed by atoms with Gasteiger partial charge in [-0.1, -0.05) is 13.5 Å². The molecule has 0 amide bonds. The van der Waals surface area contributed by atoms with Gasteiger partial charge in [-0.15, -0.1) is 0 Å². The van der Waals surface area contributed by atoms with Crippen molar-refractivity contribution in [2.45, 2.75) is 37.8 Å². The number of hydrogen-bond acceptors (Lipinski definition) is 5. The summed E-state index contributed by atoms with van der Waals surface area (Å²) < 4.78 is 10.6. The second-order valence-corrected chi connectivity index (χ2v) is 4.88. The van der Waals surface area contributed by atoms with E-state index in [1.165, 1.54) is 0 Å². The normalized spacial score (nSPS) is 55.1. The van der Waals surface area contributed by atoms with E-state index < -0.39 is 29.7 Å². The van der Waals surface area contributed by atoms with Crippen LogP contribution in [0.2, 0.25) is 0 Å². The van der Waals surface area contributed by atoms with Crippen molar-refractivity contribution < 1.29 is 24.5 Å². The lowest BCUT2D eigenvalue weighted by molar-refractivity contribution is -0.165. The van der Waals surface area contributed by atoms with Crippen molar-refractivity contribution in [3.63, 3.8) is 0 Å². The highest BCUT2D eigenvalue weighted by atomic mass is 16.6. The van der Waals surface area contributed by atoms with Gasteiger partial charge in [-0.3, -0.25) is 4.79 Å². The van der Waals surface area contributed by atoms with Crippen LogP contribution in [0.4, 0.5) is 0 Å². The van der Waals surface area contributed by atoms with Gasteiger partial charge in [0.15, 0.2) is 0 Å². The summed E-state index contributed by atoms with van der Waals surface area (Å²) in [6.45, 7) is 5.48. The zero-order valence-corrected chi connectivity index (χ0v) is 8.92. The summed E-state index contributed by atoms with van der Waals surface area (Å²) in [7, 11) is 0. The van der Waals surface area contributed by atoms with Crippen LogP contribution in [0.15, 0.2) is 12.3 Å². The first-order chi connectivity index (χ1) is 7.49. The van der Waals surface area contributed by atoms with Crippen molar-refractivity contribution in [1.82, 2.24) is 0 Å². The van der Waals surface area contributed by atoms with Crippen LogP contribution in [0, 0.1) is 11.3 Å². The van der Waals surface area contributed by atoms with Gasteiger partial charge in [0.1, 0.15) is 17.3 Å². The Kier molecular flexibility index (Phi) is 1.83. The summed E-state index contributed by atoms with van der Waals surface area (Å²) in [6.07, 6.45) is -2.57. The zero-order chi connectivity index (χ0) is 11.7. The molecule has 3 fully saturated rings. The molecule has 88 valence electrons. The van der Waals surface area contributed by atoms with Crippen molar-refractivity contribution in [3.05, 3.63) is 12.3 Å². The fraction of sp³-hybridized carbons (Fsp3) is 0.727. The second-order valence-electron chi connectivity index (χ2n) is 4.88. The summed E-state index contributed by atoms with van der Waals surface area (Å²) in [5, 5.41) is 19.9. The third-order valence-electron chi connectivity index (χ3n) is 4.25. The van der Waals surface area contributed by atoms with Crippen molar-refractivity contribution in [1.29, 1.82) is 0 Å². The third-order valence-corrected chi connectivity index (χ3v) is 4.25. The van der Waals surface area contributed by atoms with E-state index in [9.17, 15) is 15.0 Å². The topological polar surface area (TPSA) is 76.0 Å². The van der Waals surface area contributed by atoms with Crippen molar-refractivity contribution in [2.24, 2.45) is 11.3 Å². The van der Waals surface area contributed by atoms with Gasteiger partial charge in [0.2, 0.25) is 0 Å². The largest absolute Gasteiger partial charge is 0.428 e. The molecule has 2 bridgehead atoms. The number of cyclic esters (lactones) is 1. The molecule has 16 heavy (non-hydrogen) atoms. The van der Waals surface area contributed by atoms with Crippen LogP contribution in [0.1, 0.15) is 13.3 Å². The molecule has 2 N–H and O–H groups in total. The molecule has 1 saturated carbocycles. The van der Waals surface area contributed by atoms with Crippen LogP contribution in [-0.2, 0) is 14.3 Å². The minimum atomic E-state index is -1.15. The van der Waals surface area contributed by atoms with Crippen LogP contribution >= 0.6 is 0 Å². The lowest BCUT2D eigenvalue weighted by atomic mass is 9.63. The minimum absolute atomic E-state index is 0.164. The Morgan fingerprint density at radius 3 is 2.88 bits per heavy atom. The van der Waals surface area contributed by atoms with Crippen molar-refractivity contribution in [2.75, 3.05) is 0 Å². The molecule has 0 aromatic rings. The number of rotatable bonds is 0. The Labute approximate surface area is 92.7 Å². The number of esters is 1. The van der Waals surface area contributed by atoms with Gasteiger partial charge < -0.3 is 19.7 Å². The quantitative estimate of drug-likeness (QED) is 0.548. The third kappa shape index (κ3) is 0.863. The Hall–Kier alpha value is -0.910. The van der Waals surface area contributed by atoms with Gasteiger partial charge >= 0.3 is 5.97 Å². The Bertz CT molecular complexity index is 379. The smallest absolute Gasteiger partial charge is 0.323 e. The van der Waals surface area contributed by atoms with Gasteiger partial charge in [-0.2, -0.15) is 0 Å². The standard InChI is InChI=1S/C11H14O5/c1-4-7-3-6(12)8(13)11(4)9(16-7)5(2)15-10(11)14/h4,6-9,12-13H,2-3H2,1H3/t4-,6+,7?,8+,9?,11?/m1/s1. The van der Waals surface area contributed by atoms with E-state index in [1.807, 2.05) is 6.92 Å². The molecule has 0 radical (unpaired) electrons. The SMILES string of the molecule is C=C1OC(=O)C23C1OC(C[C@H](O)[C@@H]2O)[C@H]3C. The number of carbonyl (C=O) groups excluding carboxylic acids is 1. The minimum Gasteiger partial charge on any atom is -0.428 e. The average molecular weight is 226 g/mol. The number of hydrogen-bond donors (Lipinski definition) is 2. The van der Waals surface area contributed by atoms with Crippen molar-refractivity contribution >= 4 is 5.97 Å². The van der Waals surface area contributed by atoms with E-state index in [0.29, 0.717) is 6.42 Å². The summed E-state index contributed by atoms with van der Waals surface area (Å²) in [6, 6.07) is 0. The number of aliphatic hydroxyl groups excluding tert-OH is 2. The molecule has 3 unspecified atom stereocenters. The molecule has 2 saturated heterocycles. The zero-order valence-electron chi connectivity index (χ0n) is 8.92. The Morgan fingerprint density at radius 1 is 1.50 bits per heavy atom. The predicted molar refractivity (Wildman–Crippen MR) is 52.1 cm³/mol.